The first kappa shape index (κ1) is 40.1. The van der Waals surface area contributed by atoms with Crippen molar-refractivity contribution in [1.82, 2.24) is 0 Å². The first-order valence-electron chi connectivity index (χ1n) is 20.0. The van der Waals surface area contributed by atoms with E-state index in [1.807, 2.05) is 12.1 Å². The van der Waals surface area contributed by atoms with Crippen LogP contribution in [0.25, 0.3) is 0 Å². The smallest absolute Gasteiger partial charge is 0.126 e. The van der Waals surface area contributed by atoms with E-state index in [1.165, 1.54) is 25.7 Å². The summed E-state index contributed by atoms with van der Waals surface area (Å²) in [5.74, 6) is 3.87. The number of hydrogen-bond acceptors (Lipinski definition) is 4. The zero-order chi connectivity index (χ0) is 35.4. The lowest BCUT2D eigenvalue weighted by molar-refractivity contribution is 0.191. The summed E-state index contributed by atoms with van der Waals surface area (Å²) in [6.07, 6.45) is 17.8. The average molecular weight is 665 g/mol. The Morgan fingerprint density at radius 2 is 1.21 bits per heavy atom. The van der Waals surface area contributed by atoms with Crippen molar-refractivity contribution < 1.29 is 20.4 Å². The summed E-state index contributed by atoms with van der Waals surface area (Å²) in [7, 11) is 0. The molecule has 0 aliphatic heterocycles. The van der Waals surface area contributed by atoms with Gasteiger partial charge < -0.3 is 20.4 Å². The van der Waals surface area contributed by atoms with E-state index in [0.29, 0.717) is 54.4 Å². The molecule has 4 N–H and O–H groups in total. The number of unbranched alkanes of at least 4 members (excludes halogenated alkanes) is 4. The van der Waals surface area contributed by atoms with Gasteiger partial charge >= 0.3 is 0 Å². The van der Waals surface area contributed by atoms with Gasteiger partial charge in [-0.2, -0.15) is 0 Å². The van der Waals surface area contributed by atoms with Crippen LogP contribution >= 0.6 is 0 Å². The van der Waals surface area contributed by atoms with Crippen molar-refractivity contribution in [2.45, 2.75) is 177 Å². The van der Waals surface area contributed by atoms with Crippen LogP contribution in [0.4, 0.5) is 0 Å². The molecule has 4 atom stereocenters. The summed E-state index contributed by atoms with van der Waals surface area (Å²) in [6, 6.07) is 3.88. The number of aryl methyl sites for hydroxylation is 2. The molecule has 0 saturated heterocycles. The molecule has 2 aromatic rings. The van der Waals surface area contributed by atoms with Crippen molar-refractivity contribution in [1.29, 1.82) is 0 Å². The molecule has 4 nitrogen and oxygen atoms in total. The quantitative estimate of drug-likeness (QED) is 0.106. The molecule has 0 heterocycles. The number of aromatic hydroxyl groups is 4. The lowest BCUT2D eigenvalue weighted by Gasteiger charge is -2.38. The second kappa shape index (κ2) is 19.7. The van der Waals surface area contributed by atoms with Crippen LogP contribution in [0.2, 0.25) is 0 Å². The highest BCUT2D eigenvalue weighted by molar-refractivity contribution is 5.57. The molecule has 272 valence electrons. The third-order valence-corrected chi connectivity index (χ3v) is 11.6. The van der Waals surface area contributed by atoms with Crippen molar-refractivity contribution in [3.8, 4) is 23.0 Å². The van der Waals surface area contributed by atoms with Gasteiger partial charge in [0.1, 0.15) is 23.0 Å². The molecule has 0 amide bonds. The van der Waals surface area contributed by atoms with Crippen LogP contribution in [-0.2, 0) is 32.1 Å². The molecule has 4 heteroatoms. The maximum atomic E-state index is 12.1. The summed E-state index contributed by atoms with van der Waals surface area (Å²) in [6.45, 7) is 18.1. The Hall–Kier alpha value is -2.36. The van der Waals surface area contributed by atoms with Crippen molar-refractivity contribution in [2.75, 3.05) is 0 Å². The van der Waals surface area contributed by atoms with Crippen LogP contribution in [0.15, 0.2) is 12.1 Å². The zero-order valence-electron chi connectivity index (χ0n) is 32.1. The molecule has 2 aromatic carbocycles. The molecule has 0 radical (unpaired) electrons. The molecule has 1 fully saturated rings. The van der Waals surface area contributed by atoms with Crippen LogP contribution in [0, 0.1) is 29.6 Å². The molecular weight excluding hydrogens is 592 g/mol. The van der Waals surface area contributed by atoms with Gasteiger partial charge in [0.15, 0.2) is 0 Å². The third kappa shape index (κ3) is 11.1. The number of rotatable bonds is 20. The maximum absolute atomic E-state index is 12.1. The number of hydrogen-bond donors (Lipinski definition) is 4. The molecule has 0 unspecified atom stereocenters. The standard InChI is InChI=1S/C44H72O4/c1-9-11-13-18-33-27-40(45)38(23-20-31(7)17-15-16-29(3)4)43(47)36(33)24-25-37-34(19-14-12-10-2)28-41(46)42(44(37)48)39-26-32(8)21-22-35(39)30(5)6/h27-32,35,39,45-48H,9-26H2,1-8H3/t31-,32+,35-,39+/m0/s1. The minimum absolute atomic E-state index is 0.137. The first-order chi connectivity index (χ1) is 22.9. The highest BCUT2D eigenvalue weighted by atomic mass is 16.3. The van der Waals surface area contributed by atoms with E-state index in [1.54, 1.807) is 0 Å². The van der Waals surface area contributed by atoms with Gasteiger partial charge in [0, 0.05) is 11.1 Å². The Morgan fingerprint density at radius 3 is 1.77 bits per heavy atom. The third-order valence-electron chi connectivity index (χ3n) is 11.6. The fourth-order valence-corrected chi connectivity index (χ4v) is 8.50. The highest BCUT2D eigenvalue weighted by Gasteiger charge is 2.36. The summed E-state index contributed by atoms with van der Waals surface area (Å²) in [5, 5.41) is 46.6. The molecule has 1 aliphatic rings. The van der Waals surface area contributed by atoms with Crippen molar-refractivity contribution in [2.24, 2.45) is 29.6 Å². The summed E-state index contributed by atoms with van der Waals surface area (Å²) >= 11 is 0. The average Bonchev–Trinajstić information content (AvgIpc) is 3.01. The van der Waals surface area contributed by atoms with E-state index in [9.17, 15) is 20.4 Å². The largest absolute Gasteiger partial charge is 0.508 e. The zero-order valence-corrected chi connectivity index (χ0v) is 32.1. The Labute approximate surface area is 294 Å². The lowest BCUT2D eigenvalue weighted by Crippen LogP contribution is -2.26. The van der Waals surface area contributed by atoms with Gasteiger partial charge in [0.2, 0.25) is 0 Å². The molecule has 0 aromatic heterocycles. The van der Waals surface area contributed by atoms with E-state index < -0.39 is 0 Å². The predicted molar refractivity (Wildman–Crippen MR) is 204 cm³/mol. The topological polar surface area (TPSA) is 80.9 Å². The fraction of sp³-hybridized carbons (Fsp3) is 0.727. The molecule has 0 bridgehead atoms. The van der Waals surface area contributed by atoms with Gasteiger partial charge in [0.05, 0.1) is 0 Å². The van der Waals surface area contributed by atoms with Crippen molar-refractivity contribution >= 4 is 0 Å². The van der Waals surface area contributed by atoms with Gasteiger partial charge in [-0.3, -0.25) is 0 Å². The van der Waals surface area contributed by atoms with Gasteiger partial charge in [-0.15, -0.1) is 0 Å². The van der Waals surface area contributed by atoms with E-state index >= 15 is 0 Å². The van der Waals surface area contributed by atoms with Crippen LogP contribution in [0.5, 0.6) is 23.0 Å². The van der Waals surface area contributed by atoms with Crippen molar-refractivity contribution in [3.63, 3.8) is 0 Å². The number of phenols is 4. The van der Waals surface area contributed by atoms with Gasteiger partial charge in [0.25, 0.3) is 0 Å². The van der Waals surface area contributed by atoms with E-state index in [2.05, 4.69) is 55.4 Å². The molecule has 1 aliphatic carbocycles. The van der Waals surface area contributed by atoms with Gasteiger partial charge in [-0.05, 0) is 134 Å². The van der Waals surface area contributed by atoms with E-state index in [0.717, 1.165) is 98.4 Å². The maximum Gasteiger partial charge on any atom is 0.126 e. The Kier molecular flexibility index (Phi) is 16.5. The van der Waals surface area contributed by atoms with Crippen molar-refractivity contribution in [3.05, 3.63) is 45.5 Å². The summed E-state index contributed by atoms with van der Waals surface area (Å²) in [5.41, 5.74) is 5.35. The normalized spacial score (nSPS) is 19.0. The number of benzene rings is 2. The Balaban J connectivity index is 2.00. The van der Waals surface area contributed by atoms with Crippen LogP contribution < -0.4 is 0 Å². The molecular formula is C44H72O4. The molecule has 0 spiro atoms. The lowest BCUT2D eigenvalue weighted by atomic mass is 9.67. The summed E-state index contributed by atoms with van der Waals surface area (Å²) in [4.78, 5) is 0. The second-order valence-electron chi connectivity index (χ2n) is 16.5. The minimum Gasteiger partial charge on any atom is -0.508 e. The van der Waals surface area contributed by atoms with Gasteiger partial charge in [-0.25, -0.2) is 0 Å². The van der Waals surface area contributed by atoms with Crippen LogP contribution in [0.3, 0.4) is 0 Å². The second-order valence-corrected chi connectivity index (χ2v) is 16.5. The molecule has 1 saturated carbocycles. The first-order valence-corrected chi connectivity index (χ1v) is 20.0. The summed E-state index contributed by atoms with van der Waals surface area (Å²) < 4.78 is 0. The Bertz CT molecular complexity index is 1260. The monoisotopic (exact) mass is 665 g/mol. The Morgan fingerprint density at radius 1 is 0.625 bits per heavy atom. The number of phenolic OH excluding ortho intramolecular Hbond substituents is 4. The van der Waals surface area contributed by atoms with Gasteiger partial charge in [-0.1, -0.05) is 107 Å². The van der Waals surface area contributed by atoms with Crippen LogP contribution in [0.1, 0.15) is 178 Å². The predicted octanol–water partition coefficient (Wildman–Crippen LogP) is 12.3. The minimum atomic E-state index is 0.137. The molecule has 3 rings (SSSR count). The van der Waals surface area contributed by atoms with E-state index in [-0.39, 0.29) is 28.9 Å². The van der Waals surface area contributed by atoms with E-state index in [4.69, 9.17) is 0 Å². The SMILES string of the molecule is CCCCCc1cc(O)c(CC[C@@H](C)CCCC(C)C)c(O)c1CCc1c(CCCCC)cc(O)c([C@@H]2C[C@H](C)CC[C@H]2C(C)C)c1O. The van der Waals surface area contributed by atoms with Crippen LogP contribution in [-0.4, -0.2) is 20.4 Å². The fourth-order valence-electron chi connectivity index (χ4n) is 8.50. The highest BCUT2D eigenvalue weighted by Crippen LogP contribution is 2.51. The molecule has 48 heavy (non-hydrogen) atoms.